The molecule has 2 atom stereocenters. The predicted molar refractivity (Wildman–Crippen MR) is 70.8 cm³/mol. The molecule has 0 aliphatic heterocycles. The third kappa shape index (κ3) is 2.53. The molecule has 1 N–H and O–H groups in total. The molecule has 6 nitrogen and oxygen atoms in total. The third-order valence-corrected chi connectivity index (χ3v) is 3.50. The SMILES string of the molecule is CCc1nn(C)c(C(C)C(CC)NC)c1[N+](=O)[O-]. The molecule has 0 aliphatic rings. The van der Waals surface area contributed by atoms with Gasteiger partial charge in [0.25, 0.3) is 0 Å². The Morgan fingerprint density at radius 1 is 1.50 bits per heavy atom. The first-order chi connectivity index (χ1) is 8.47. The van der Waals surface area contributed by atoms with E-state index in [0.717, 1.165) is 6.42 Å². The molecule has 0 aliphatic carbocycles. The Balaban J connectivity index is 3.30. The van der Waals surface area contributed by atoms with Crippen molar-refractivity contribution in [2.45, 2.75) is 45.6 Å². The average Bonchev–Trinajstić information content (AvgIpc) is 2.67. The number of nitrogens with zero attached hydrogens (tertiary/aromatic N) is 3. The fraction of sp³-hybridized carbons (Fsp3) is 0.750. The molecule has 2 unspecified atom stereocenters. The van der Waals surface area contributed by atoms with Crippen molar-refractivity contribution in [3.63, 3.8) is 0 Å². The van der Waals surface area contributed by atoms with Crippen molar-refractivity contribution in [1.82, 2.24) is 15.1 Å². The molecule has 0 aromatic carbocycles. The Morgan fingerprint density at radius 3 is 2.50 bits per heavy atom. The molecular formula is C12H22N4O2. The van der Waals surface area contributed by atoms with E-state index in [-0.39, 0.29) is 22.6 Å². The standard InChI is InChI=1S/C12H22N4O2/c1-6-9(13-4)8(3)11-12(16(17)18)10(7-2)14-15(11)5/h8-9,13H,6-7H2,1-5H3. The Kier molecular flexibility index (Phi) is 4.84. The summed E-state index contributed by atoms with van der Waals surface area (Å²) in [5, 5.41) is 18.7. The molecule has 0 spiro atoms. The zero-order valence-corrected chi connectivity index (χ0v) is 11.7. The van der Waals surface area contributed by atoms with Crippen molar-refractivity contribution >= 4 is 5.69 Å². The van der Waals surface area contributed by atoms with Crippen molar-refractivity contribution in [3.05, 3.63) is 21.5 Å². The number of likely N-dealkylation sites (N-methyl/N-ethyl adjacent to an activating group) is 1. The molecule has 1 rings (SSSR count). The van der Waals surface area contributed by atoms with Crippen LogP contribution in [0.15, 0.2) is 0 Å². The van der Waals surface area contributed by atoms with Gasteiger partial charge in [-0.15, -0.1) is 0 Å². The summed E-state index contributed by atoms with van der Waals surface area (Å²) in [6, 6.07) is 0.212. The molecule has 0 saturated heterocycles. The molecule has 0 radical (unpaired) electrons. The van der Waals surface area contributed by atoms with Crippen LogP contribution in [0.25, 0.3) is 0 Å². The molecular weight excluding hydrogens is 232 g/mol. The van der Waals surface area contributed by atoms with Gasteiger partial charge in [0.1, 0.15) is 11.4 Å². The van der Waals surface area contributed by atoms with Crippen LogP contribution in [0.3, 0.4) is 0 Å². The van der Waals surface area contributed by atoms with Crippen LogP contribution in [0.1, 0.15) is 44.5 Å². The highest BCUT2D eigenvalue weighted by molar-refractivity contribution is 5.43. The fourth-order valence-electron chi connectivity index (χ4n) is 2.53. The average molecular weight is 254 g/mol. The van der Waals surface area contributed by atoms with E-state index in [9.17, 15) is 10.1 Å². The second kappa shape index (κ2) is 5.95. The van der Waals surface area contributed by atoms with E-state index >= 15 is 0 Å². The molecule has 102 valence electrons. The Bertz CT molecular complexity index is 424. The van der Waals surface area contributed by atoms with Crippen LogP contribution in [-0.2, 0) is 13.5 Å². The van der Waals surface area contributed by atoms with Crippen molar-refractivity contribution in [1.29, 1.82) is 0 Å². The smallest absolute Gasteiger partial charge is 0.313 e. The van der Waals surface area contributed by atoms with Crippen LogP contribution in [-0.4, -0.2) is 27.8 Å². The zero-order chi connectivity index (χ0) is 13.9. The van der Waals surface area contributed by atoms with Gasteiger partial charge in [-0.3, -0.25) is 14.8 Å². The lowest BCUT2D eigenvalue weighted by atomic mass is 9.94. The maximum atomic E-state index is 11.3. The summed E-state index contributed by atoms with van der Waals surface area (Å²) in [6.45, 7) is 5.97. The summed E-state index contributed by atoms with van der Waals surface area (Å²) in [4.78, 5) is 10.9. The van der Waals surface area contributed by atoms with Crippen molar-refractivity contribution in [3.8, 4) is 0 Å². The van der Waals surface area contributed by atoms with Gasteiger partial charge >= 0.3 is 5.69 Å². The van der Waals surface area contributed by atoms with Crippen LogP contribution < -0.4 is 5.32 Å². The second-order valence-electron chi connectivity index (χ2n) is 4.51. The summed E-state index contributed by atoms with van der Waals surface area (Å²) in [5.74, 6) is 0.0539. The van der Waals surface area contributed by atoms with E-state index < -0.39 is 0 Å². The summed E-state index contributed by atoms with van der Waals surface area (Å²) >= 11 is 0. The minimum Gasteiger partial charge on any atom is -0.316 e. The minimum absolute atomic E-state index is 0.0539. The minimum atomic E-state index is -0.306. The van der Waals surface area contributed by atoms with E-state index in [4.69, 9.17) is 0 Å². The molecule has 0 amide bonds. The maximum absolute atomic E-state index is 11.3. The first kappa shape index (κ1) is 14.6. The molecule has 1 heterocycles. The lowest BCUT2D eigenvalue weighted by Crippen LogP contribution is -2.31. The quantitative estimate of drug-likeness (QED) is 0.622. The normalized spacial score (nSPS) is 14.5. The van der Waals surface area contributed by atoms with Crippen LogP contribution in [0.5, 0.6) is 0 Å². The number of nitro groups is 1. The van der Waals surface area contributed by atoms with Gasteiger partial charge < -0.3 is 5.32 Å². The van der Waals surface area contributed by atoms with Gasteiger partial charge in [0.2, 0.25) is 0 Å². The van der Waals surface area contributed by atoms with Crippen LogP contribution >= 0.6 is 0 Å². The topological polar surface area (TPSA) is 73.0 Å². The largest absolute Gasteiger partial charge is 0.316 e. The van der Waals surface area contributed by atoms with Crippen molar-refractivity contribution in [2.75, 3.05) is 7.05 Å². The summed E-state index contributed by atoms with van der Waals surface area (Å²) in [7, 11) is 3.66. The fourth-order valence-corrected chi connectivity index (χ4v) is 2.53. The van der Waals surface area contributed by atoms with E-state index in [1.165, 1.54) is 0 Å². The molecule has 0 bridgehead atoms. The molecule has 0 fully saturated rings. The lowest BCUT2D eigenvalue weighted by molar-refractivity contribution is -0.386. The lowest BCUT2D eigenvalue weighted by Gasteiger charge is -2.21. The zero-order valence-electron chi connectivity index (χ0n) is 11.7. The third-order valence-electron chi connectivity index (χ3n) is 3.50. The number of aryl methyl sites for hydroxylation is 2. The monoisotopic (exact) mass is 254 g/mol. The molecule has 1 aromatic rings. The van der Waals surface area contributed by atoms with E-state index in [2.05, 4.69) is 17.3 Å². The van der Waals surface area contributed by atoms with Gasteiger partial charge in [0.05, 0.1) is 4.92 Å². The van der Waals surface area contributed by atoms with Crippen molar-refractivity contribution in [2.24, 2.45) is 7.05 Å². The van der Waals surface area contributed by atoms with Gasteiger partial charge in [-0.25, -0.2) is 0 Å². The van der Waals surface area contributed by atoms with Gasteiger partial charge in [-0.05, 0) is 19.9 Å². The number of aromatic nitrogens is 2. The van der Waals surface area contributed by atoms with Crippen LogP contribution in [0.4, 0.5) is 5.69 Å². The van der Waals surface area contributed by atoms with Crippen molar-refractivity contribution < 1.29 is 4.92 Å². The molecule has 6 heteroatoms. The molecule has 18 heavy (non-hydrogen) atoms. The molecule has 1 aromatic heterocycles. The highest BCUT2D eigenvalue weighted by Crippen LogP contribution is 2.32. The maximum Gasteiger partial charge on any atom is 0.313 e. The second-order valence-corrected chi connectivity index (χ2v) is 4.51. The summed E-state index contributed by atoms with van der Waals surface area (Å²) < 4.78 is 1.65. The summed E-state index contributed by atoms with van der Waals surface area (Å²) in [5.41, 5.74) is 1.45. The van der Waals surface area contributed by atoms with Crippen LogP contribution in [0.2, 0.25) is 0 Å². The first-order valence-electron chi connectivity index (χ1n) is 6.35. The van der Waals surface area contributed by atoms with E-state index in [0.29, 0.717) is 17.8 Å². The van der Waals surface area contributed by atoms with Gasteiger partial charge in [0.15, 0.2) is 0 Å². The number of hydrogen-bond donors (Lipinski definition) is 1. The van der Waals surface area contributed by atoms with Crippen LogP contribution in [0, 0.1) is 10.1 Å². The van der Waals surface area contributed by atoms with Gasteiger partial charge in [-0.2, -0.15) is 5.10 Å². The van der Waals surface area contributed by atoms with E-state index in [1.54, 1.807) is 11.7 Å². The Labute approximate surface area is 108 Å². The number of rotatable bonds is 6. The predicted octanol–water partition coefficient (Wildman–Crippen LogP) is 1.99. The number of hydrogen-bond acceptors (Lipinski definition) is 4. The Morgan fingerprint density at radius 2 is 2.11 bits per heavy atom. The van der Waals surface area contributed by atoms with Gasteiger partial charge in [0, 0.05) is 19.0 Å². The van der Waals surface area contributed by atoms with Gasteiger partial charge in [-0.1, -0.05) is 20.8 Å². The highest BCUT2D eigenvalue weighted by Gasteiger charge is 2.31. The molecule has 0 saturated carbocycles. The Hall–Kier alpha value is -1.43. The van der Waals surface area contributed by atoms with E-state index in [1.807, 2.05) is 20.9 Å². The number of nitrogens with one attached hydrogen (secondary N) is 1. The highest BCUT2D eigenvalue weighted by atomic mass is 16.6. The summed E-state index contributed by atoms with van der Waals surface area (Å²) in [6.07, 6.45) is 1.49. The first-order valence-corrected chi connectivity index (χ1v) is 6.35.